The average Bonchev–Trinajstić information content (AvgIpc) is 3.35. The molecule has 71 heavy (non-hydrogen) atoms. The number of rotatable bonds is 55. The molecule has 0 aromatic carbocycles. The fraction of sp³-hybridized carbons (Fsp3) is 0.851. The van der Waals surface area contributed by atoms with Crippen LogP contribution in [0.25, 0.3) is 0 Å². The van der Waals surface area contributed by atoms with Crippen LogP contribution in [0.5, 0.6) is 0 Å². The first-order chi connectivity index (χ1) is 34.6. The number of unbranched alkanes of at least 4 members (excludes halogenated alkanes) is 9. The molecule has 24 heteroatoms. The van der Waals surface area contributed by atoms with Gasteiger partial charge < -0.3 is 84.2 Å². The molecule has 2 atom stereocenters. The molecule has 0 rings (SSSR count). The van der Waals surface area contributed by atoms with E-state index in [4.69, 9.17) is 47.7 Å². The van der Waals surface area contributed by atoms with Gasteiger partial charge in [-0.3, -0.25) is 34.1 Å². The van der Waals surface area contributed by atoms with E-state index in [0.29, 0.717) is 111 Å². The summed E-state index contributed by atoms with van der Waals surface area (Å²) in [7, 11) is 1.33. The number of carboxylic acid groups (broad SMARTS) is 1. The minimum Gasteiger partial charge on any atom is -0.481 e. The number of methoxy groups -OCH3 is 1. The maximum Gasteiger partial charge on any atom is 0.303 e. The zero-order valence-electron chi connectivity index (χ0n) is 42.3. The lowest BCUT2D eigenvalue weighted by Gasteiger charge is -2.23. The van der Waals surface area contributed by atoms with Crippen molar-refractivity contribution >= 4 is 41.8 Å². The predicted molar refractivity (Wildman–Crippen MR) is 259 cm³/mol. The summed E-state index contributed by atoms with van der Waals surface area (Å²) in [5.74, 6) is -1.92. The Morgan fingerprint density at radius 1 is 0.451 bits per heavy atom. The van der Waals surface area contributed by atoms with Crippen molar-refractivity contribution in [1.82, 2.24) is 31.9 Å². The minimum atomic E-state index is -1.25. The normalized spacial score (nSPS) is 12.0. The Kier molecular flexibility index (Phi) is 49.5. The lowest BCUT2D eigenvalue weighted by atomic mass is 10.0. The summed E-state index contributed by atoms with van der Waals surface area (Å²) in [5, 5.41) is 35.6. The monoisotopic (exact) mass is 1020 g/mol. The van der Waals surface area contributed by atoms with Gasteiger partial charge in [-0.25, -0.2) is 0 Å². The second-order valence-electron chi connectivity index (χ2n) is 16.1. The highest BCUT2D eigenvalue weighted by atomic mass is 16.6. The molecule has 0 aromatic heterocycles. The molecule has 0 aromatic rings. The number of hydrogen-bond donors (Lipinski definition) is 8. The van der Waals surface area contributed by atoms with E-state index in [1.165, 1.54) is 7.11 Å². The van der Waals surface area contributed by atoms with Crippen LogP contribution in [-0.2, 0) is 76.2 Å². The van der Waals surface area contributed by atoms with Crippen molar-refractivity contribution < 1.29 is 86.4 Å². The molecule has 0 aliphatic rings. The molecule has 0 saturated carbocycles. The van der Waals surface area contributed by atoms with Gasteiger partial charge in [0.1, 0.15) is 26.1 Å². The van der Waals surface area contributed by atoms with Crippen LogP contribution in [0.4, 0.5) is 0 Å². The molecule has 2 unspecified atom stereocenters. The number of aliphatic carboxylic acids is 1. The van der Waals surface area contributed by atoms with E-state index in [9.17, 15) is 38.7 Å². The third kappa shape index (κ3) is 50.8. The van der Waals surface area contributed by atoms with Crippen LogP contribution in [0.3, 0.4) is 0 Å². The first kappa shape index (κ1) is 67.0. The third-order valence-corrected chi connectivity index (χ3v) is 10.0. The Morgan fingerprint density at radius 2 is 0.873 bits per heavy atom. The Balaban J connectivity index is 3.59. The molecule has 5 amide bonds. The molecule has 0 aliphatic carbocycles. The highest BCUT2D eigenvalue weighted by Gasteiger charge is 2.22. The largest absolute Gasteiger partial charge is 0.481 e. The van der Waals surface area contributed by atoms with Gasteiger partial charge in [0.25, 0.3) is 0 Å². The number of amides is 5. The summed E-state index contributed by atoms with van der Waals surface area (Å²) < 4.78 is 47.5. The molecule has 0 aliphatic heterocycles. The SMILES string of the molecule is COC(O)C(CCC(=O)NCCCC(=O)NCCOCCOCNCCOCCOCC(=O)NCCOCCOCC(=O)NCCOCCOCC=O)NC(=O)CCCCCCCCCCCCC(=O)O. The maximum atomic E-state index is 12.5. The molecule has 414 valence electrons. The summed E-state index contributed by atoms with van der Waals surface area (Å²) >= 11 is 0. The van der Waals surface area contributed by atoms with Gasteiger partial charge in [0.15, 0.2) is 6.29 Å². The Hall–Kier alpha value is -3.95. The van der Waals surface area contributed by atoms with Crippen LogP contribution in [0.15, 0.2) is 0 Å². The molecule has 8 N–H and O–H groups in total. The summed E-state index contributed by atoms with van der Waals surface area (Å²) in [4.78, 5) is 81.3. The van der Waals surface area contributed by atoms with Crippen LogP contribution in [0.1, 0.15) is 103 Å². The second-order valence-corrected chi connectivity index (χ2v) is 16.1. The van der Waals surface area contributed by atoms with Gasteiger partial charge in [-0.05, 0) is 25.7 Å². The number of ether oxygens (including phenoxy) is 9. The topological polar surface area (TPSA) is 315 Å². The van der Waals surface area contributed by atoms with E-state index in [0.717, 1.165) is 64.2 Å². The number of nitrogens with one attached hydrogen (secondary N) is 6. The minimum absolute atomic E-state index is 0.0317. The smallest absolute Gasteiger partial charge is 0.303 e. The van der Waals surface area contributed by atoms with Crippen LogP contribution >= 0.6 is 0 Å². The van der Waals surface area contributed by atoms with Crippen molar-refractivity contribution in [3.8, 4) is 0 Å². The molecule has 0 bridgehead atoms. The van der Waals surface area contributed by atoms with E-state index < -0.39 is 18.3 Å². The first-order valence-electron chi connectivity index (χ1n) is 25.1. The second kappa shape index (κ2) is 52.4. The highest BCUT2D eigenvalue weighted by Crippen LogP contribution is 2.13. The lowest BCUT2D eigenvalue weighted by Crippen LogP contribution is -2.44. The number of aliphatic hydroxyl groups is 1. The van der Waals surface area contributed by atoms with Gasteiger partial charge in [0.2, 0.25) is 29.5 Å². The summed E-state index contributed by atoms with van der Waals surface area (Å²) in [6.45, 7) is 5.71. The Morgan fingerprint density at radius 3 is 1.39 bits per heavy atom. The van der Waals surface area contributed by atoms with Crippen LogP contribution in [0.2, 0.25) is 0 Å². The Labute approximate surface area is 420 Å². The zero-order chi connectivity index (χ0) is 52.1. The zero-order valence-corrected chi connectivity index (χ0v) is 42.3. The van der Waals surface area contributed by atoms with E-state index >= 15 is 0 Å². The Bertz CT molecular complexity index is 1340. The molecule has 24 nitrogen and oxygen atoms in total. The fourth-order valence-corrected chi connectivity index (χ4v) is 6.24. The summed E-state index contributed by atoms with van der Waals surface area (Å²) in [6.07, 6.45) is 10.8. The van der Waals surface area contributed by atoms with E-state index in [1.807, 2.05) is 0 Å². The first-order valence-corrected chi connectivity index (χ1v) is 25.1. The molecule has 0 spiro atoms. The standard InChI is InChI=1S/C47H88N6O18/c1-63-47(62)40(53-43(57)13-10-8-6-4-2-3-5-7-9-11-15-46(60)61)16-17-42(56)49-18-12-14-41(55)50-20-25-67-33-36-71-39-48-19-24-64-31-34-69-37-44(58)52-22-27-66-32-35-70-38-45(59)51-21-26-65-29-30-68-28-23-54/h23,40,47-48,62H,2-22,24-39H2,1H3,(H,49,56)(H,50,55)(H,51,59)(H,52,58)(H,53,57)(H,60,61). The van der Waals surface area contributed by atoms with E-state index in [-0.39, 0.29) is 101 Å². The van der Waals surface area contributed by atoms with Crippen molar-refractivity contribution in [2.75, 3.05) is 146 Å². The van der Waals surface area contributed by atoms with Gasteiger partial charge in [-0.15, -0.1) is 0 Å². The van der Waals surface area contributed by atoms with Crippen LogP contribution in [0, 0.1) is 0 Å². The van der Waals surface area contributed by atoms with Gasteiger partial charge in [-0.1, -0.05) is 51.4 Å². The number of carbonyl (C=O) groups is 7. The van der Waals surface area contributed by atoms with E-state index in [2.05, 4.69) is 31.9 Å². The van der Waals surface area contributed by atoms with Crippen molar-refractivity contribution in [3.05, 3.63) is 0 Å². The van der Waals surface area contributed by atoms with Crippen molar-refractivity contribution in [2.24, 2.45) is 0 Å². The molecule has 0 saturated heterocycles. The molecule has 0 heterocycles. The lowest BCUT2D eigenvalue weighted by molar-refractivity contribution is -0.137. The summed E-state index contributed by atoms with van der Waals surface area (Å²) in [5.41, 5.74) is 0. The number of carbonyl (C=O) groups excluding carboxylic acids is 6. The predicted octanol–water partition coefficient (Wildman–Crippen LogP) is 0.106. The molecular formula is C47H88N6O18. The molecule has 0 fully saturated rings. The molecule has 0 radical (unpaired) electrons. The average molecular weight is 1030 g/mol. The third-order valence-electron chi connectivity index (χ3n) is 10.0. The van der Waals surface area contributed by atoms with Gasteiger partial charge in [0.05, 0.1) is 92.1 Å². The number of hydrogen-bond acceptors (Lipinski definition) is 18. The van der Waals surface area contributed by atoms with Gasteiger partial charge >= 0.3 is 5.97 Å². The number of aliphatic hydroxyl groups excluding tert-OH is 1. The highest BCUT2D eigenvalue weighted by molar-refractivity contribution is 5.78. The number of carboxylic acids is 1. The van der Waals surface area contributed by atoms with Gasteiger partial charge in [-0.2, -0.15) is 0 Å². The van der Waals surface area contributed by atoms with Crippen LogP contribution in [-0.4, -0.2) is 210 Å². The molecular weight excluding hydrogens is 937 g/mol. The number of aldehydes is 1. The van der Waals surface area contributed by atoms with Crippen molar-refractivity contribution in [1.29, 1.82) is 0 Å². The fourth-order valence-electron chi connectivity index (χ4n) is 6.24. The van der Waals surface area contributed by atoms with Crippen molar-refractivity contribution in [2.45, 2.75) is 115 Å². The maximum absolute atomic E-state index is 12.5. The summed E-state index contributed by atoms with van der Waals surface area (Å²) in [6, 6.07) is -0.729. The quantitative estimate of drug-likeness (QED) is 0.0228. The van der Waals surface area contributed by atoms with E-state index in [1.54, 1.807) is 0 Å². The van der Waals surface area contributed by atoms with Crippen molar-refractivity contribution in [3.63, 3.8) is 0 Å². The van der Waals surface area contributed by atoms with Gasteiger partial charge in [0, 0.05) is 65.5 Å². The van der Waals surface area contributed by atoms with Crippen LogP contribution < -0.4 is 31.9 Å².